The van der Waals surface area contributed by atoms with Gasteiger partial charge in [0.2, 0.25) is 5.91 Å². The van der Waals surface area contributed by atoms with Crippen LogP contribution in [0.25, 0.3) is 11.0 Å². The average Bonchev–Trinajstić information content (AvgIpc) is 3.46. The van der Waals surface area contributed by atoms with Crippen LogP contribution in [-0.4, -0.2) is 64.3 Å². The molecule has 1 spiro atoms. The fourth-order valence-corrected chi connectivity index (χ4v) is 4.93. The number of ether oxygens (including phenoxy) is 2. The van der Waals surface area contributed by atoms with Crippen molar-refractivity contribution < 1.29 is 14.3 Å². The van der Waals surface area contributed by atoms with Gasteiger partial charge in [0.25, 0.3) is 0 Å². The molecule has 3 heterocycles. The molecule has 2 aliphatic rings. The van der Waals surface area contributed by atoms with Gasteiger partial charge in [0.15, 0.2) is 11.5 Å². The van der Waals surface area contributed by atoms with Crippen molar-refractivity contribution in [1.29, 1.82) is 0 Å². The van der Waals surface area contributed by atoms with Crippen molar-refractivity contribution in [2.24, 2.45) is 5.41 Å². The summed E-state index contributed by atoms with van der Waals surface area (Å²) in [5, 5.41) is 11.8. The molecule has 9 heteroatoms. The van der Waals surface area contributed by atoms with Crippen LogP contribution in [0.15, 0.2) is 37.2 Å². The monoisotopic (exact) mass is 458 g/mol. The van der Waals surface area contributed by atoms with E-state index in [4.69, 9.17) is 9.47 Å². The fourth-order valence-electron chi connectivity index (χ4n) is 4.93. The number of anilines is 1. The molecular weight excluding hydrogens is 432 g/mol. The van der Waals surface area contributed by atoms with Crippen molar-refractivity contribution in [3.05, 3.63) is 48.4 Å². The first-order valence-corrected chi connectivity index (χ1v) is 11.1. The highest BCUT2D eigenvalue weighted by molar-refractivity contribution is 5.91. The first-order valence-electron chi connectivity index (χ1n) is 11.1. The Kier molecular flexibility index (Phi) is 5.57. The summed E-state index contributed by atoms with van der Waals surface area (Å²) < 4.78 is 10.7. The van der Waals surface area contributed by atoms with Gasteiger partial charge >= 0.3 is 0 Å². The number of carbonyl (C=O) groups is 1. The second kappa shape index (κ2) is 8.71. The quantitative estimate of drug-likeness (QED) is 0.447. The second-order valence-electron chi connectivity index (χ2n) is 8.85. The van der Waals surface area contributed by atoms with Crippen molar-refractivity contribution in [2.75, 3.05) is 32.6 Å². The van der Waals surface area contributed by atoms with Gasteiger partial charge in [-0.25, -0.2) is 9.97 Å². The number of benzene rings is 1. The fraction of sp³-hybridized carbons (Fsp3) is 0.360. The molecule has 174 valence electrons. The van der Waals surface area contributed by atoms with Crippen LogP contribution in [0.5, 0.6) is 11.5 Å². The molecule has 2 fully saturated rings. The predicted molar refractivity (Wildman–Crippen MR) is 128 cm³/mol. The molecule has 1 unspecified atom stereocenters. The van der Waals surface area contributed by atoms with Gasteiger partial charge < -0.3 is 19.7 Å². The van der Waals surface area contributed by atoms with Crippen molar-refractivity contribution >= 4 is 22.8 Å². The third-order valence-electron chi connectivity index (χ3n) is 6.62. The predicted octanol–water partition coefficient (Wildman–Crippen LogP) is 2.75. The average molecular weight is 459 g/mol. The summed E-state index contributed by atoms with van der Waals surface area (Å²) >= 11 is 0. The summed E-state index contributed by atoms with van der Waals surface area (Å²) in [6, 6.07) is 5.75. The van der Waals surface area contributed by atoms with E-state index in [1.807, 2.05) is 17.0 Å². The zero-order valence-corrected chi connectivity index (χ0v) is 19.2. The standard InChI is InChI=1S/C25H26N6O3/c1-4-21(32)31-13-25(14-31)8-7-17(12-25)28-24-22-20(26-15-27-23(22)29-30-24)6-5-16-9-18(33-2)11-19(10-16)34-3/h4,9-11,15,17H,1,7-8,12-14H2,2-3H3,(H2,26,27,28,29,30). The highest BCUT2D eigenvalue weighted by Gasteiger charge is 2.49. The van der Waals surface area contributed by atoms with Gasteiger partial charge in [0, 0.05) is 36.2 Å². The molecule has 1 atom stereocenters. The minimum absolute atomic E-state index is 0.00866. The van der Waals surface area contributed by atoms with Crippen LogP contribution in [0.2, 0.25) is 0 Å². The summed E-state index contributed by atoms with van der Waals surface area (Å²) in [7, 11) is 3.21. The number of hydrogen-bond acceptors (Lipinski definition) is 7. The van der Waals surface area contributed by atoms with Crippen LogP contribution >= 0.6 is 0 Å². The molecule has 1 amide bonds. The van der Waals surface area contributed by atoms with Crippen molar-refractivity contribution in [2.45, 2.75) is 25.3 Å². The Morgan fingerprint density at radius 3 is 2.71 bits per heavy atom. The van der Waals surface area contributed by atoms with Crippen LogP contribution in [0, 0.1) is 17.3 Å². The molecule has 34 heavy (non-hydrogen) atoms. The number of nitrogens with one attached hydrogen (secondary N) is 2. The Balaban J connectivity index is 1.36. The molecule has 0 radical (unpaired) electrons. The number of aromatic nitrogens is 4. The molecule has 1 saturated carbocycles. The second-order valence-corrected chi connectivity index (χ2v) is 8.85. The van der Waals surface area contributed by atoms with Crippen LogP contribution < -0.4 is 14.8 Å². The minimum Gasteiger partial charge on any atom is -0.497 e. The Labute approximate surface area is 197 Å². The molecule has 0 bridgehead atoms. The van der Waals surface area contributed by atoms with Crippen LogP contribution in [-0.2, 0) is 4.79 Å². The first kappa shape index (κ1) is 21.8. The van der Waals surface area contributed by atoms with E-state index in [0.29, 0.717) is 28.7 Å². The number of methoxy groups -OCH3 is 2. The maximum Gasteiger partial charge on any atom is 0.245 e. The Morgan fingerprint density at radius 2 is 2.00 bits per heavy atom. The smallest absolute Gasteiger partial charge is 0.245 e. The lowest BCUT2D eigenvalue weighted by Gasteiger charge is -2.48. The SMILES string of the molecule is C=CC(=O)N1CC2(CCC(Nc3n[nH]c4ncnc(C#Cc5cc(OC)cc(OC)c5)c34)C2)C1. The van der Waals surface area contributed by atoms with Crippen molar-refractivity contribution in [3.63, 3.8) is 0 Å². The van der Waals surface area contributed by atoms with Gasteiger partial charge in [-0.1, -0.05) is 12.5 Å². The van der Waals surface area contributed by atoms with E-state index in [2.05, 4.69) is 43.9 Å². The number of carbonyl (C=O) groups excluding carboxylic acids is 1. The molecule has 9 nitrogen and oxygen atoms in total. The Hall–Kier alpha value is -4.06. The maximum absolute atomic E-state index is 11.8. The van der Waals surface area contributed by atoms with Crippen LogP contribution in [0.4, 0.5) is 5.82 Å². The van der Waals surface area contributed by atoms with Gasteiger partial charge in [-0.15, -0.1) is 0 Å². The van der Waals surface area contributed by atoms with Crippen molar-refractivity contribution in [1.82, 2.24) is 25.1 Å². The Bertz CT molecular complexity index is 1290. The Morgan fingerprint density at radius 1 is 1.24 bits per heavy atom. The van der Waals surface area contributed by atoms with E-state index in [0.717, 1.165) is 43.3 Å². The molecule has 1 aliphatic heterocycles. The zero-order chi connectivity index (χ0) is 23.7. The number of hydrogen-bond donors (Lipinski definition) is 2. The van der Waals surface area contributed by atoms with E-state index >= 15 is 0 Å². The van der Waals surface area contributed by atoms with E-state index < -0.39 is 0 Å². The maximum atomic E-state index is 11.8. The van der Waals surface area contributed by atoms with Gasteiger partial charge in [-0.2, -0.15) is 5.10 Å². The number of aromatic amines is 1. The van der Waals surface area contributed by atoms with E-state index in [1.165, 1.54) is 12.4 Å². The molecule has 5 rings (SSSR count). The number of amides is 1. The third-order valence-corrected chi connectivity index (χ3v) is 6.62. The van der Waals surface area contributed by atoms with E-state index in [9.17, 15) is 4.79 Å². The summed E-state index contributed by atoms with van der Waals surface area (Å²) in [6.45, 7) is 5.17. The molecule has 2 N–H and O–H groups in total. The van der Waals surface area contributed by atoms with E-state index in [1.54, 1.807) is 20.3 Å². The summed E-state index contributed by atoms with van der Waals surface area (Å²) in [4.78, 5) is 22.4. The van der Waals surface area contributed by atoms with Gasteiger partial charge in [-0.3, -0.25) is 9.89 Å². The highest BCUT2D eigenvalue weighted by Crippen LogP contribution is 2.46. The summed E-state index contributed by atoms with van der Waals surface area (Å²) in [5.74, 6) is 8.35. The lowest BCUT2D eigenvalue weighted by molar-refractivity contribution is -0.137. The molecule has 2 aromatic heterocycles. The van der Waals surface area contributed by atoms with Gasteiger partial charge in [0.1, 0.15) is 23.5 Å². The summed E-state index contributed by atoms with van der Waals surface area (Å²) in [5.41, 5.74) is 2.15. The first-order chi connectivity index (χ1) is 16.5. The number of fused-ring (bicyclic) bond motifs is 1. The van der Waals surface area contributed by atoms with Gasteiger partial charge in [0.05, 0.1) is 19.6 Å². The number of likely N-dealkylation sites (tertiary alicyclic amines) is 1. The third kappa shape index (κ3) is 4.03. The molecule has 1 aliphatic carbocycles. The largest absolute Gasteiger partial charge is 0.497 e. The molecule has 3 aromatic rings. The van der Waals surface area contributed by atoms with Gasteiger partial charge in [-0.05, 0) is 43.4 Å². The molecule has 1 aromatic carbocycles. The number of H-pyrrole nitrogens is 1. The minimum atomic E-state index is 0.00866. The zero-order valence-electron chi connectivity index (χ0n) is 19.2. The topological polar surface area (TPSA) is 105 Å². The lowest BCUT2D eigenvalue weighted by atomic mass is 9.78. The molecular formula is C25H26N6O3. The lowest BCUT2D eigenvalue weighted by Crippen LogP contribution is -2.57. The van der Waals surface area contributed by atoms with Crippen LogP contribution in [0.1, 0.15) is 30.5 Å². The normalized spacial score (nSPS) is 18.2. The highest BCUT2D eigenvalue weighted by atomic mass is 16.5. The molecule has 1 saturated heterocycles. The van der Waals surface area contributed by atoms with E-state index in [-0.39, 0.29) is 17.4 Å². The van der Waals surface area contributed by atoms with Crippen molar-refractivity contribution in [3.8, 4) is 23.3 Å². The van der Waals surface area contributed by atoms with Crippen LogP contribution in [0.3, 0.4) is 0 Å². The number of nitrogens with zero attached hydrogens (tertiary/aromatic N) is 4. The number of rotatable bonds is 5. The summed E-state index contributed by atoms with van der Waals surface area (Å²) in [6.07, 6.45) is 5.94.